The number of rotatable bonds is 9. The fourth-order valence-electron chi connectivity index (χ4n) is 4.71. The van der Waals surface area contributed by atoms with E-state index in [0.717, 1.165) is 62.8 Å². The van der Waals surface area contributed by atoms with Crippen molar-refractivity contribution in [1.82, 2.24) is 19.7 Å². The quantitative estimate of drug-likeness (QED) is 0.429. The van der Waals surface area contributed by atoms with Crippen LogP contribution in [0.3, 0.4) is 0 Å². The predicted octanol–water partition coefficient (Wildman–Crippen LogP) is 4.69. The second kappa shape index (κ2) is 13.3. The van der Waals surface area contributed by atoms with E-state index in [-0.39, 0.29) is 17.9 Å². The molecule has 0 atom stereocenters. The summed E-state index contributed by atoms with van der Waals surface area (Å²) in [5, 5.41) is 0.449. The van der Waals surface area contributed by atoms with E-state index in [2.05, 4.69) is 30.7 Å². The Morgan fingerprint density at radius 1 is 1.16 bits per heavy atom. The van der Waals surface area contributed by atoms with Gasteiger partial charge in [-0.25, -0.2) is 9.18 Å². The number of hydrogen-bond donors (Lipinski definition) is 0. The molecule has 38 heavy (non-hydrogen) atoms. The maximum atomic E-state index is 14.2. The molecule has 3 heterocycles. The molecule has 0 bridgehead atoms. The first-order valence-electron chi connectivity index (χ1n) is 13.4. The zero-order valence-corrected chi connectivity index (χ0v) is 23.3. The van der Waals surface area contributed by atoms with Crippen molar-refractivity contribution in [1.29, 1.82) is 0 Å². The number of esters is 1. The average Bonchev–Trinajstić information content (AvgIpc) is 2.91. The van der Waals surface area contributed by atoms with E-state index in [9.17, 15) is 9.18 Å². The second-order valence-corrected chi connectivity index (χ2v) is 10.4. The van der Waals surface area contributed by atoms with Crippen LogP contribution in [0, 0.1) is 5.82 Å². The Morgan fingerprint density at radius 2 is 1.95 bits per heavy atom. The van der Waals surface area contributed by atoms with Gasteiger partial charge in [0.05, 0.1) is 17.4 Å². The van der Waals surface area contributed by atoms with Crippen LogP contribution in [0.2, 0.25) is 5.02 Å². The van der Waals surface area contributed by atoms with Crippen LogP contribution in [0.1, 0.15) is 44.0 Å². The van der Waals surface area contributed by atoms with Crippen molar-refractivity contribution in [3.8, 4) is 0 Å². The lowest BCUT2D eigenvalue weighted by molar-refractivity contribution is -0.142. The van der Waals surface area contributed by atoms with E-state index in [1.807, 2.05) is 39.1 Å². The number of pyridine rings is 1. The molecular formula is C29H37ClFN5O2. The normalized spacial score (nSPS) is 16.6. The molecule has 2 aliphatic rings. The minimum absolute atomic E-state index is 0.154. The number of aromatic nitrogens is 1. The molecular weight excluding hydrogens is 505 g/mol. The summed E-state index contributed by atoms with van der Waals surface area (Å²) in [6.45, 7) is 12.5. The third-order valence-electron chi connectivity index (χ3n) is 6.78. The Hall–Kier alpha value is -2.81. The largest absolute Gasteiger partial charge is 0.459 e. The maximum Gasteiger partial charge on any atom is 0.341 e. The molecule has 204 valence electrons. The van der Waals surface area contributed by atoms with E-state index in [1.165, 1.54) is 6.07 Å². The van der Waals surface area contributed by atoms with Gasteiger partial charge in [0.1, 0.15) is 11.7 Å². The smallest absolute Gasteiger partial charge is 0.341 e. The Labute approximate surface area is 229 Å². The first kappa shape index (κ1) is 28.2. The molecule has 2 aliphatic heterocycles. The van der Waals surface area contributed by atoms with Gasteiger partial charge in [-0.05, 0) is 50.6 Å². The van der Waals surface area contributed by atoms with Crippen molar-refractivity contribution in [3.63, 3.8) is 0 Å². The van der Waals surface area contributed by atoms with E-state index < -0.39 is 0 Å². The molecule has 0 spiro atoms. The molecule has 0 amide bonds. The Morgan fingerprint density at radius 3 is 2.61 bits per heavy atom. The first-order chi connectivity index (χ1) is 18.3. The number of carbonyl (C=O) groups is 1. The SMILES string of the molecule is CCN(Cc1ccc(CN2CCN(C3=NCCC=C3C(=O)OC(C)C)CC2)cn1)Cc1c(F)cccc1Cl. The van der Waals surface area contributed by atoms with Gasteiger partial charge in [-0.15, -0.1) is 0 Å². The van der Waals surface area contributed by atoms with E-state index in [1.54, 1.807) is 12.1 Å². The number of halogens is 2. The van der Waals surface area contributed by atoms with Crippen LogP contribution in [0.5, 0.6) is 0 Å². The number of hydrogen-bond acceptors (Lipinski definition) is 7. The van der Waals surface area contributed by atoms with Crippen LogP contribution in [0.15, 0.2) is 53.2 Å². The Kier molecular flexibility index (Phi) is 9.88. The highest BCUT2D eigenvalue weighted by molar-refractivity contribution is 6.31. The third kappa shape index (κ3) is 7.40. The van der Waals surface area contributed by atoms with E-state index >= 15 is 0 Å². The highest BCUT2D eigenvalue weighted by Gasteiger charge is 2.28. The monoisotopic (exact) mass is 541 g/mol. The zero-order chi connectivity index (χ0) is 27.1. The molecule has 0 unspecified atom stereocenters. The summed E-state index contributed by atoms with van der Waals surface area (Å²) >= 11 is 6.22. The molecule has 1 fully saturated rings. The highest BCUT2D eigenvalue weighted by Crippen LogP contribution is 2.22. The molecule has 0 saturated carbocycles. The van der Waals surface area contributed by atoms with E-state index in [0.29, 0.717) is 35.8 Å². The van der Waals surface area contributed by atoms with Crippen LogP contribution < -0.4 is 0 Å². The summed E-state index contributed by atoms with van der Waals surface area (Å²) in [5.41, 5.74) is 3.20. The number of carbonyl (C=O) groups excluding carboxylic acids is 1. The molecule has 1 saturated heterocycles. The van der Waals surface area contributed by atoms with Crippen LogP contribution in [-0.2, 0) is 29.2 Å². The predicted molar refractivity (Wildman–Crippen MR) is 149 cm³/mol. The van der Waals surface area contributed by atoms with Crippen molar-refractivity contribution in [2.45, 2.75) is 52.9 Å². The Bertz CT molecular complexity index is 1140. The number of ether oxygens (including phenoxy) is 1. The van der Waals surface area contributed by atoms with Gasteiger partial charge in [-0.1, -0.05) is 36.7 Å². The van der Waals surface area contributed by atoms with Gasteiger partial charge in [-0.2, -0.15) is 0 Å². The van der Waals surface area contributed by atoms with Crippen molar-refractivity contribution < 1.29 is 13.9 Å². The van der Waals surface area contributed by atoms with Gasteiger partial charge in [-0.3, -0.25) is 19.8 Å². The van der Waals surface area contributed by atoms with Gasteiger partial charge in [0.2, 0.25) is 0 Å². The van der Waals surface area contributed by atoms with Crippen molar-refractivity contribution in [3.05, 3.63) is 75.8 Å². The Balaban J connectivity index is 1.28. The maximum absolute atomic E-state index is 14.2. The highest BCUT2D eigenvalue weighted by atomic mass is 35.5. The van der Waals surface area contributed by atoms with Gasteiger partial charge in [0.25, 0.3) is 0 Å². The molecule has 0 radical (unpaired) electrons. The molecule has 4 rings (SSSR count). The number of piperazine rings is 1. The summed E-state index contributed by atoms with van der Waals surface area (Å²) < 4.78 is 19.7. The van der Waals surface area contributed by atoms with Crippen LogP contribution in [0.4, 0.5) is 4.39 Å². The average molecular weight is 542 g/mol. The number of benzene rings is 1. The minimum atomic E-state index is -0.286. The number of dihydropyridines is 1. The van der Waals surface area contributed by atoms with Crippen molar-refractivity contribution >= 4 is 23.4 Å². The van der Waals surface area contributed by atoms with Gasteiger partial charge < -0.3 is 9.64 Å². The van der Waals surface area contributed by atoms with Gasteiger partial charge in [0.15, 0.2) is 0 Å². The third-order valence-corrected chi connectivity index (χ3v) is 7.14. The lowest BCUT2D eigenvalue weighted by Crippen LogP contribution is -2.49. The van der Waals surface area contributed by atoms with Crippen LogP contribution in [0.25, 0.3) is 0 Å². The summed E-state index contributed by atoms with van der Waals surface area (Å²) in [4.78, 5) is 28.6. The number of amidine groups is 1. The molecule has 9 heteroatoms. The zero-order valence-electron chi connectivity index (χ0n) is 22.5. The van der Waals surface area contributed by atoms with Gasteiger partial charge >= 0.3 is 5.97 Å². The van der Waals surface area contributed by atoms with E-state index in [4.69, 9.17) is 16.3 Å². The molecule has 0 N–H and O–H groups in total. The summed E-state index contributed by atoms with van der Waals surface area (Å²) in [5.74, 6) is 0.202. The molecule has 2 aromatic rings. The first-order valence-corrected chi connectivity index (χ1v) is 13.7. The van der Waals surface area contributed by atoms with Crippen molar-refractivity contribution in [2.24, 2.45) is 4.99 Å². The lowest BCUT2D eigenvalue weighted by atomic mass is 10.1. The van der Waals surface area contributed by atoms with Gasteiger partial charge in [0, 0.05) is 69.1 Å². The number of nitrogens with zero attached hydrogens (tertiary/aromatic N) is 5. The van der Waals surface area contributed by atoms with Crippen LogP contribution >= 0.6 is 11.6 Å². The molecule has 1 aromatic carbocycles. The van der Waals surface area contributed by atoms with Crippen molar-refractivity contribution in [2.75, 3.05) is 39.3 Å². The minimum Gasteiger partial charge on any atom is -0.459 e. The summed E-state index contributed by atoms with van der Waals surface area (Å²) in [7, 11) is 0. The second-order valence-electron chi connectivity index (χ2n) is 9.99. The summed E-state index contributed by atoms with van der Waals surface area (Å²) in [6.07, 6.45) is 4.50. The standard InChI is InChI=1S/C29H37ClFN5O2/c1-4-34(20-25-26(30)8-5-9-27(25)31)19-23-11-10-22(17-33-23)18-35-13-15-36(16-14-35)28-24(7-6-12-32-28)29(37)38-21(2)3/h5,7-11,17,21H,4,6,12-16,18-20H2,1-3H3. The lowest BCUT2D eigenvalue weighted by Gasteiger charge is -2.37. The topological polar surface area (TPSA) is 61.3 Å². The fraction of sp³-hybridized carbons (Fsp3) is 0.483. The summed E-state index contributed by atoms with van der Waals surface area (Å²) in [6, 6.07) is 8.96. The molecule has 7 nitrogen and oxygen atoms in total. The number of aliphatic imine (C=N–C) groups is 1. The molecule has 1 aromatic heterocycles. The molecule has 0 aliphatic carbocycles. The van der Waals surface area contributed by atoms with Crippen LogP contribution in [-0.4, -0.2) is 76.9 Å². The fourth-order valence-corrected chi connectivity index (χ4v) is 4.93.